The number of hydrogen-bond donors (Lipinski definition) is 2. The van der Waals surface area contributed by atoms with Gasteiger partial charge in [-0.3, -0.25) is 14.4 Å². The first kappa shape index (κ1) is 25.4. The van der Waals surface area contributed by atoms with Crippen LogP contribution in [0.25, 0.3) is 0 Å². The highest BCUT2D eigenvalue weighted by atomic mass is 35.5. The number of anilines is 1. The Hall–Kier alpha value is -3.19. The first-order chi connectivity index (χ1) is 16.3. The van der Waals surface area contributed by atoms with Crippen LogP contribution in [0.4, 0.5) is 5.69 Å². The van der Waals surface area contributed by atoms with E-state index in [2.05, 4.69) is 16.7 Å². The summed E-state index contributed by atoms with van der Waals surface area (Å²) in [6.07, 6.45) is 0. The van der Waals surface area contributed by atoms with Gasteiger partial charge in [0, 0.05) is 16.0 Å². The standard InChI is InChI=1S/C23H19Cl2N3O5S/c1-32-17-8-7-14(25)9-16(17)27-18(29)11-34-22-15(10-26)19(12-3-5-13(24)6-4-12)20(21(30)28-22)23(31)33-2/h3-9,19-20H,11H2,1-2H3,(H,27,29)(H,28,30). The van der Waals surface area contributed by atoms with E-state index in [1.54, 1.807) is 42.5 Å². The number of carbonyl (C=O) groups is 3. The number of ether oxygens (including phenoxy) is 2. The van der Waals surface area contributed by atoms with Gasteiger partial charge in [-0.25, -0.2) is 0 Å². The van der Waals surface area contributed by atoms with Gasteiger partial charge in [0.1, 0.15) is 11.7 Å². The molecular formula is C23H19Cl2N3O5S. The van der Waals surface area contributed by atoms with Gasteiger partial charge in [0.2, 0.25) is 11.8 Å². The highest BCUT2D eigenvalue weighted by molar-refractivity contribution is 8.03. The molecule has 1 aliphatic rings. The molecule has 2 N–H and O–H groups in total. The number of halogens is 2. The van der Waals surface area contributed by atoms with Crippen LogP contribution in [0.1, 0.15) is 11.5 Å². The van der Waals surface area contributed by atoms with Gasteiger partial charge in [-0.2, -0.15) is 5.26 Å². The Labute approximate surface area is 210 Å². The number of amides is 2. The number of rotatable bonds is 7. The molecule has 1 heterocycles. The minimum atomic E-state index is -1.27. The Balaban J connectivity index is 1.89. The quantitative estimate of drug-likeness (QED) is 0.417. The number of nitriles is 1. The molecular weight excluding hydrogens is 501 g/mol. The van der Waals surface area contributed by atoms with Crippen molar-refractivity contribution in [2.45, 2.75) is 5.92 Å². The van der Waals surface area contributed by atoms with Crippen molar-refractivity contribution >= 4 is 58.4 Å². The van der Waals surface area contributed by atoms with Crippen LogP contribution in [0.15, 0.2) is 53.1 Å². The maximum atomic E-state index is 12.8. The molecule has 2 amide bonds. The summed E-state index contributed by atoms with van der Waals surface area (Å²) < 4.78 is 10.0. The topological polar surface area (TPSA) is 118 Å². The van der Waals surface area contributed by atoms with Gasteiger partial charge < -0.3 is 20.1 Å². The number of benzene rings is 2. The van der Waals surface area contributed by atoms with E-state index < -0.39 is 29.6 Å². The molecule has 0 aliphatic carbocycles. The van der Waals surface area contributed by atoms with Crippen LogP contribution < -0.4 is 15.4 Å². The second kappa shape index (κ2) is 11.3. The van der Waals surface area contributed by atoms with Gasteiger partial charge in [0.15, 0.2) is 0 Å². The largest absolute Gasteiger partial charge is 0.495 e. The van der Waals surface area contributed by atoms with E-state index in [0.717, 1.165) is 11.8 Å². The molecule has 2 unspecified atom stereocenters. The van der Waals surface area contributed by atoms with Crippen molar-refractivity contribution in [3.8, 4) is 11.8 Å². The van der Waals surface area contributed by atoms with Crippen molar-refractivity contribution in [2.75, 3.05) is 25.3 Å². The fourth-order valence-electron chi connectivity index (χ4n) is 3.45. The molecule has 2 atom stereocenters. The normalized spacial score (nSPS) is 17.4. The molecule has 0 saturated heterocycles. The lowest BCUT2D eigenvalue weighted by atomic mass is 9.78. The van der Waals surface area contributed by atoms with Crippen molar-refractivity contribution in [1.29, 1.82) is 5.26 Å². The van der Waals surface area contributed by atoms with Crippen LogP contribution in [-0.2, 0) is 19.1 Å². The first-order valence-corrected chi connectivity index (χ1v) is 11.6. The van der Waals surface area contributed by atoms with E-state index in [0.29, 0.717) is 27.0 Å². The molecule has 3 rings (SSSR count). The Morgan fingerprint density at radius 2 is 1.82 bits per heavy atom. The van der Waals surface area contributed by atoms with Crippen LogP contribution in [0.3, 0.4) is 0 Å². The average molecular weight is 520 g/mol. The molecule has 2 aromatic rings. The number of allylic oxidation sites excluding steroid dienone is 1. The molecule has 0 radical (unpaired) electrons. The lowest BCUT2D eigenvalue weighted by Crippen LogP contribution is -2.44. The molecule has 34 heavy (non-hydrogen) atoms. The minimum Gasteiger partial charge on any atom is -0.495 e. The highest BCUT2D eigenvalue weighted by Crippen LogP contribution is 2.40. The van der Waals surface area contributed by atoms with Crippen LogP contribution in [0.5, 0.6) is 5.75 Å². The molecule has 2 aromatic carbocycles. The number of nitrogens with zero attached hydrogens (tertiary/aromatic N) is 1. The maximum absolute atomic E-state index is 12.8. The second-order valence-corrected chi connectivity index (χ2v) is 8.91. The van der Waals surface area contributed by atoms with Crippen molar-refractivity contribution < 1.29 is 23.9 Å². The number of carbonyl (C=O) groups excluding carboxylic acids is 3. The third-order valence-corrected chi connectivity index (χ3v) is 6.50. The Morgan fingerprint density at radius 3 is 2.44 bits per heavy atom. The van der Waals surface area contributed by atoms with E-state index in [1.165, 1.54) is 14.2 Å². The molecule has 0 bridgehead atoms. The summed E-state index contributed by atoms with van der Waals surface area (Å²) in [6, 6.07) is 13.3. The average Bonchev–Trinajstić information content (AvgIpc) is 2.82. The number of nitrogens with one attached hydrogen (secondary N) is 2. The smallest absolute Gasteiger partial charge is 0.319 e. The molecule has 11 heteroatoms. The van der Waals surface area contributed by atoms with Gasteiger partial charge in [-0.05, 0) is 35.9 Å². The van der Waals surface area contributed by atoms with Crippen LogP contribution >= 0.6 is 35.0 Å². The van der Waals surface area contributed by atoms with E-state index in [9.17, 15) is 19.6 Å². The Kier molecular flexibility index (Phi) is 8.45. The monoisotopic (exact) mass is 519 g/mol. The van der Waals surface area contributed by atoms with Gasteiger partial charge in [0.25, 0.3) is 0 Å². The second-order valence-electron chi connectivity index (χ2n) is 7.06. The number of methoxy groups -OCH3 is 2. The summed E-state index contributed by atoms with van der Waals surface area (Å²) in [7, 11) is 2.63. The SMILES string of the molecule is COC(=O)C1C(=O)NC(SCC(=O)Nc2cc(Cl)ccc2OC)=C(C#N)C1c1ccc(Cl)cc1. The number of esters is 1. The molecule has 8 nitrogen and oxygen atoms in total. The molecule has 176 valence electrons. The molecule has 0 spiro atoms. The lowest BCUT2D eigenvalue weighted by molar-refractivity contribution is -0.150. The third-order valence-electron chi connectivity index (χ3n) is 5.00. The van der Waals surface area contributed by atoms with Crippen LogP contribution in [-0.4, -0.2) is 37.8 Å². The van der Waals surface area contributed by atoms with Crippen molar-refractivity contribution in [2.24, 2.45) is 5.92 Å². The van der Waals surface area contributed by atoms with Gasteiger partial charge in [-0.1, -0.05) is 47.1 Å². The molecule has 1 aliphatic heterocycles. The lowest BCUT2D eigenvalue weighted by Gasteiger charge is -2.30. The van der Waals surface area contributed by atoms with Crippen LogP contribution in [0, 0.1) is 17.2 Å². The van der Waals surface area contributed by atoms with Crippen molar-refractivity contribution in [1.82, 2.24) is 5.32 Å². The van der Waals surface area contributed by atoms with E-state index >= 15 is 0 Å². The summed E-state index contributed by atoms with van der Waals surface area (Å²) in [6.45, 7) is 0. The van der Waals surface area contributed by atoms with E-state index in [1.807, 2.05) is 0 Å². The zero-order chi connectivity index (χ0) is 24.8. The summed E-state index contributed by atoms with van der Waals surface area (Å²) in [5.41, 5.74) is 1.06. The van der Waals surface area contributed by atoms with Gasteiger partial charge in [-0.15, -0.1) is 0 Å². The molecule has 0 fully saturated rings. The number of thioether (sulfide) groups is 1. The van der Waals surface area contributed by atoms with Gasteiger partial charge >= 0.3 is 5.97 Å². The van der Waals surface area contributed by atoms with Crippen LogP contribution in [0.2, 0.25) is 10.0 Å². The summed E-state index contributed by atoms with van der Waals surface area (Å²) >= 11 is 12.9. The predicted molar refractivity (Wildman–Crippen MR) is 130 cm³/mol. The molecule has 0 saturated carbocycles. The van der Waals surface area contributed by atoms with Crippen molar-refractivity contribution in [3.05, 3.63) is 68.7 Å². The maximum Gasteiger partial charge on any atom is 0.319 e. The third kappa shape index (κ3) is 5.65. The fraction of sp³-hybridized carbons (Fsp3) is 0.217. The predicted octanol–water partition coefficient (Wildman–Crippen LogP) is 4.11. The summed E-state index contributed by atoms with van der Waals surface area (Å²) in [4.78, 5) is 37.8. The highest BCUT2D eigenvalue weighted by Gasteiger charge is 2.44. The van der Waals surface area contributed by atoms with E-state index in [4.69, 9.17) is 32.7 Å². The first-order valence-electron chi connectivity index (χ1n) is 9.83. The fourth-order valence-corrected chi connectivity index (χ4v) is 4.60. The number of hydrogen-bond acceptors (Lipinski definition) is 7. The minimum absolute atomic E-state index is 0.132. The Bertz CT molecular complexity index is 1190. The van der Waals surface area contributed by atoms with Gasteiger partial charge in [0.05, 0.1) is 42.3 Å². The molecule has 0 aromatic heterocycles. The summed E-state index contributed by atoms with van der Waals surface area (Å²) in [5, 5.41) is 16.2. The van der Waals surface area contributed by atoms with E-state index in [-0.39, 0.29) is 16.4 Å². The zero-order valence-corrected chi connectivity index (χ0v) is 20.4. The summed E-state index contributed by atoms with van der Waals surface area (Å²) in [5.74, 6) is -3.70. The van der Waals surface area contributed by atoms with Crippen molar-refractivity contribution in [3.63, 3.8) is 0 Å². The Morgan fingerprint density at radius 1 is 1.15 bits per heavy atom. The zero-order valence-electron chi connectivity index (χ0n) is 18.1.